The Hall–Kier alpha value is -3.53. The molecule has 0 unspecified atom stereocenters. The molecule has 1 saturated heterocycles. The molecule has 0 aliphatic carbocycles. The van der Waals surface area contributed by atoms with Crippen molar-refractivity contribution in [2.24, 2.45) is 0 Å². The summed E-state index contributed by atoms with van der Waals surface area (Å²) >= 11 is 0. The molecule has 0 radical (unpaired) electrons. The first kappa shape index (κ1) is 26.1. The predicted molar refractivity (Wildman–Crippen MR) is 128 cm³/mol. The number of carbonyl (C=O) groups is 3. The molecule has 188 valence electrons. The van der Waals surface area contributed by atoms with Gasteiger partial charge in [0.2, 0.25) is 5.91 Å². The van der Waals surface area contributed by atoms with Crippen LogP contribution in [0.1, 0.15) is 36.8 Å². The Bertz CT molecular complexity index is 1040. The number of aromatic nitrogens is 1. The monoisotopic (exact) mass is 486 g/mol. The van der Waals surface area contributed by atoms with Crippen molar-refractivity contribution >= 4 is 23.5 Å². The van der Waals surface area contributed by atoms with Crippen LogP contribution in [0.3, 0.4) is 0 Å². The minimum Gasteiger partial charge on any atom is -0.444 e. The van der Waals surface area contributed by atoms with E-state index in [-0.39, 0.29) is 18.5 Å². The Labute approximate surface area is 204 Å². The van der Waals surface area contributed by atoms with Crippen LogP contribution in [0.5, 0.6) is 0 Å². The number of anilines is 1. The molecule has 2 amide bonds. The molecule has 0 bridgehead atoms. The number of nitrogens with one attached hydrogen (secondary N) is 2. The quantitative estimate of drug-likeness (QED) is 0.552. The van der Waals surface area contributed by atoms with Gasteiger partial charge in [0, 0.05) is 37.0 Å². The summed E-state index contributed by atoms with van der Waals surface area (Å²) < 4.78 is 25.2. The van der Waals surface area contributed by atoms with Gasteiger partial charge in [-0.1, -0.05) is 6.07 Å². The molecule has 9 nitrogen and oxygen atoms in total. The Morgan fingerprint density at radius 2 is 1.91 bits per heavy atom. The minimum atomic E-state index is -1.02. The van der Waals surface area contributed by atoms with E-state index in [0.29, 0.717) is 37.7 Å². The van der Waals surface area contributed by atoms with Crippen LogP contribution >= 0.6 is 0 Å². The number of carbonyl (C=O) groups excluding carboxylic acids is 3. The summed E-state index contributed by atoms with van der Waals surface area (Å²) in [4.78, 5) is 43.8. The van der Waals surface area contributed by atoms with Gasteiger partial charge in [0.05, 0.1) is 25.4 Å². The smallest absolute Gasteiger partial charge is 0.408 e. The highest BCUT2D eigenvalue weighted by atomic mass is 19.1. The van der Waals surface area contributed by atoms with Crippen LogP contribution in [0.2, 0.25) is 0 Å². The number of hydrogen-bond acceptors (Lipinski definition) is 7. The van der Waals surface area contributed by atoms with Crippen molar-refractivity contribution in [3.05, 3.63) is 59.7 Å². The van der Waals surface area contributed by atoms with Gasteiger partial charge in [-0.15, -0.1) is 0 Å². The first-order valence-electron chi connectivity index (χ1n) is 11.4. The highest BCUT2D eigenvalue weighted by Crippen LogP contribution is 2.21. The molecular formula is C25H31FN4O5. The van der Waals surface area contributed by atoms with Crippen molar-refractivity contribution in [1.82, 2.24) is 15.6 Å². The van der Waals surface area contributed by atoms with Crippen LogP contribution in [0.4, 0.5) is 14.9 Å². The van der Waals surface area contributed by atoms with Gasteiger partial charge in [0.15, 0.2) is 5.78 Å². The van der Waals surface area contributed by atoms with E-state index in [0.717, 1.165) is 0 Å². The zero-order valence-electron chi connectivity index (χ0n) is 20.2. The Morgan fingerprint density at radius 1 is 1.17 bits per heavy atom. The van der Waals surface area contributed by atoms with Crippen molar-refractivity contribution < 1.29 is 28.2 Å². The lowest BCUT2D eigenvalue weighted by atomic mass is 10.1. The van der Waals surface area contributed by atoms with Gasteiger partial charge in [-0.05, 0) is 51.1 Å². The van der Waals surface area contributed by atoms with Crippen LogP contribution in [-0.4, -0.2) is 67.3 Å². The molecule has 2 heterocycles. The maximum atomic E-state index is 14.7. The highest BCUT2D eigenvalue weighted by molar-refractivity contribution is 6.00. The number of Topliss-reactive ketones (excluding diaryl/α,β-unsaturated/α-hetero) is 1. The SMILES string of the molecule is CC(C)(C)OC(=O)N[C@@H](Cc1ccccn1)C(=O)NCC(=O)c1ccc(N2CCOCC2)c(F)c1. The largest absolute Gasteiger partial charge is 0.444 e. The molecule has 1 fully saturated rings. The van der Waals surface area contributed by atoms with Crippen LogP contribution in [0.15, 0.2) is 42.6 Å². The summed E-state index contributed by atoms with van der Waals surface area (Å²) in [5, 5.41) is 5.07. The van der Waals surface area contributed by atoms with E-state index in [1.165, 1.54) is 12.1 Å². The number of hydrogen-bond donors (Lipinski definition) is 2. The van der Waals surface area contributed by atoms with Crippen LogP contribution in [0, 0.1) is 5.82 Å². The third-order valence-electron chi connectivity index (χ3n) is 5.19. The molecule has 1 atom stereocenters. The third kappa shape index (κ3) is 8.03. The first-order chi connectivity index (χ1) is 16.6. The normalized spacial score (nSPS) is 14.7. The van der Waals surface area contributed by atoms with Gasteiger partial charge in [-0.2, -0.15) is 0 Å². The van der Waals surface area contributed by atoms with E-state index >= 15 is 0 Å². The van der Waals surface area contributed by atoms with Crippen LogP contribution in [-0.2, 0) is 20.7 Å². The van der Waals surface area contributed by atoms with E-state index in [9.17, 15) is 18.8 Å². The molecule has 3 rings (SSSR count). The fraction of sp³-hybridized carbons (Fsp3) is 0.440. The zero-order valence-corrected chi connectivity index (χ0v) is 20.2. The van der Waals surface area contributed by atoms with Gasteiger partial charge in [0.1, 0.15) is 17.5 Å². The van der Waals surface area contributed by atoms with Crippen LogP contribution in [0.25, 0.3) is 0 Å². The average molecular weight is 487 g/mol. The van der Waals surface area contributed by atoms with E-state index in [4.69, 9.17) is 9.47 Å². The summed E-state index contributed by atoms with van der Waals surface area (Å²) in [6, 6.07) is 8.47. The van der Waals surface area contributed by atoms with E-state index in [1.807, 2.05) is 4.90 Å². The minimum absolute atomic E-state index is 0.100. The van der Waals surface area contributed by atoms with E-state index < -0.39 is 35.2 Å². The van der Waals surface area contributed by atoms with Crippen LogP contribution < -0.4 is 15.5 Å². The summed E-state index contributed by atoms with van der Waals surface area (Å²) in [5.74, 6) is -1.55. The van der Waals surface area contributed by atoms with Crippen molar-refractivity contribution in [2.75, 3.05) is 37.7 Å². The highest BCUT2D eigenvalue weighted by Gasteiger charge is 2.26. The van der Waals surface area contributed by atoms with Crippen molar-refractivity contribution in [1.29, 1.82) is 0 Å². The number of alkyl carbamates (subject to hydrolysis) is 1. The number of rotatable bonds is 8. The number of morpholine rings is 1. The molecule has 2 N–H and O–H groups in total. The number of halogens is 1. The standard InChI is InChI=1S/C25H31FN4O5/c1-25(2,3)35-24(33)29-20(15-18-6-4-5-9-27-18)23(32)28-16-22(31)17-7-8-21(19(26)14-17)30-10-12-34-13-11-30/h4-9,14,20H,10-13,15-16H2,1-3H3,(H,28,32)(H,29,33)/t20-/m0/s1. The number of pyridine rings is 1. The first-order valence-corrected chi connectivity index (χ1v) is 11.4. The average Bonchev–Trinajstić information content (AvgIpc) is 2.82. The molecule has 0 spiro atoms. The van der Waals surface area contributed by atoms with Gasteiger partial charge >= 0.3 is 6.09 Å². The van der Waals surface area contributed by atoms with Gasteiger partial charge in [-0.25, -0.2) is 9.18 Å². The Kier molecular flexibility index (Phi) is 8.75. The molecule has 2 aromatic rings. The van der Waals surface area contributed by atoms with E-state index in [1.54, 1.807) is 51.2 Å². The second-order valence-electron chi connectivity index (χ2n) is 9.13. The second kappa shape index (κ2) is 11.7. The Morgan fingerprint density at radius 3 is 2.54 bits per heavy atom. The Balaban J connectivity index is 1.63. The predicted octanol–water partition coefficient (Wildman–Crippen LogP) is 2.49. The molecule has 1 aliphatic heterocycles. The maximum Gasteiger partial charge on any atom is 0.408 e. The maximum absolute atomic E-state index is 14.7. The number of ether oxygens (including phenoxy) is 2. The summed E-state index contributed by atoms with van der Waals surface area (Å²) in [6.45, 7) is 6.95. The molecule has 1 aliphatic rings. The fourth-order valence-electron chi connectivity index (χ4n) is 3.52. The van der Waals surface area contributed by atoms with Gasteiger partial charge in [-0.3, -0.25) is 14.6 Å². The van der Waals surface area contributed by atoms with Crippen molar-refractivity contribution in [3.8, 4) is 0 Å². The number of nitrogens with zero attached hydrogens (tertiary/aromatic N) is 2. The van der Waals surface area contributed by atoms with Gasteiger partial charge in [0.25, 0.3) is 0 Å². The third-order valence-corrected chi connectivity index (χ3v) is 5.19. The van der Waals surface area contributed by atoms with Crippen molar-refractivity contribution in [3.63, 3.8) is 0 Å². The van der Waals surface area contributed by atoms with Gasteiger partial charge < -0.3 is 25.0 Å². The topological polar surface area (TPSA) is 110 Å². The number of ketones is 1. The lowest BCUT2D eigenvalue weighted by Crippen LogP contribution is -2.50. The lowest BCUT2D eigenvalue weighted by Gasteiger charge is -2.29. The zero-order chi connectivity index (χ0) is 25.4. The number of amides is 2. The molecule has 1 aromatic carbocycles. The number of benzene rings is 1. The molecular weight excluding hydrogens is 455 g/mol. The molecule has 0 saturated carbocycles. The molecule has 10 heteroatoms. The lowest BCUT2D eigenvalue weighted by molar-refractivity contribution is -0.123. The summed E-state index contributed by atoms with van der Waals surface area (Å²) in [5.41, 5.74) is 0.381. The van der Waals surface area contributed by atoms with Crippen molar-refractivity contribution in [2.45, 2.75) is 38.8 Å². The fourth-order valence-corrected chi connectivity index (χ4v) is 3.52. The summed E-state index contributed by atoms with van der Waals surface area (Å²) in [7, 11) is 0. The molecule has 35 heavy (non-hydrogen) atoms. The summed E-state index contributed by atoms with van der Waals surface area (Å²) in [6.07, 6.45) is 0.917. The van der Waals surface area contributed by atoms with E-state index in [2.05, 4.69) is 15.6 Å². The second-order valence-corrected chi connectivity index (χ2v) is 9.13. The molecule has 1 aromatic heterocycles.